The zero-order valence-electron chi connectivity index (χ0n) is 8.86. The maximum absolute atomic E-state index is 6.09. The van der Waals surface area contributed by atoms with E-state index in [1.807, 2.05) is 12.1 Å². The quantitative estimate of drug-likeness (QED) is 0.671. The summed E-state index contributed by atoms with van der Waals surface area (Å²) in [5.74, 6) is 5.55. The van der Waals surface area contributed by atoms with Crippen molar-refractivity contribution in [3.63, 3.8) is 0 Å². The van der Waals surface area contributed by atoms with Crippen LogP contribution in [0.1, 0.15) is 16.6 Å². The van der Waals surface area contributed by atoms with E-state index in [1.54, 1.807) is 18.3 Å². The number of halogens is 2. The van der Waals surface area contributed by atoms with Gasteiger partial charge in [-0.2, -0.15) is 0 Å². The molecule has 0 aromatic carbocycles. The molecule has 2 aromatic rings. The molecular formula is C11H11Cl2N3S. The summed E-state index contributed by atoms with van der Waals surface area (Å²) < 4.78 is 0.767. The molecule has 0 saturated heterocycles. The first kappa shape index (κ1) is 12.8. The van der Waals surface area contributed by atoms with Gasteiger partial charge in [0.1, 0.15) is 0 Å². The zero-order valence-corrected chi connectivity index (χ0v) is 11.2. The predicted octanol–water partition coefficient (Wildman–Crippen LogP) is 3.20. The normalized spacial score (nSPS) is 12.6. The lowest BCUT2D eigenvalue weighted by Gasteiger charge is -2.15. The predicted molar refractivity (Wildman–Crippen MR) is 72.3 cm³/mol. The highest BCUT2D eigenvalue weighted by molar-refractivity contribution is 7.16. The van der Waals surface area contributed by atoms with E-state index in [0.29, 0.717) is 11.4 Å². The second-order valence-corrected chi connectivity index (χ2v) is 5.71. The summed E-state index contributed by atoms with van der Waals surface area (Å²) in [4.78, 5) is 5.39. The van der Waals surface area contributed by atoms with Crippen molar-refractivity contribution >= 4 is 34.5 Å². The molecule has 1 unspecified atom stereocenters. The van der Waals surface area contributed by atoms with Gasteiger partial charge in [-0.05, 0) is 24.3 Å². The minimum atomic E-state index is -0.113. The van der Waals surface area contributed by atoms with Crippen LogP contribution < -0.4 is 11.3 Å². The third-order valence-corrected chi connectivity index (χ3v) is 3.93. The summed E-state index contributed by atoms with van der Waals surface area (Å²) in [5.41, 5.74) is 3.48. The number of nitrogens with one attached hydrogen (secondary N) is 1. The molecule has 17 heavy (non-hydrogen) atoms. The second-order valence-electron chi connectivity index (χ2n) is 3.50. The third-order valence-electron chi connectivity index (χ3n) is 2.35. The molecule has 0 saturated carbocycles. The Morgan fingerprint density at radius 3 is 2.76 bits per heavy atom. The molecule has 0 aliphatic carbocycles. The highest BCUT2D eigenvalue weighted by atomic mass is 35.5. The van der Waals surface area contributed by atoms with Gasteiger partial charge in [0.05, 0.1) is 21.1 Å². The van der Waals surface area contributed by atoms with Crippen molar-refractivity contribution in [1.29, 1.82) is 0 Å². The van der Waals surface area contributed by atoms with Crippen LogP contribution in [-0.2, 0) is 6.42 Å². The first-order chi connectivity index (χ1) is 8.20. The van der Waals surface area contributed by atoms with Crippen molar-refractivity contribution < 1.29 is 0 Å². The SMILES string of the molecule is NNC(Cc1ccc(Cl)s1)c1ncccc1Cl. The molecule has 0 fully saturated rings. The molecule has 90 valence electrons. The van der Waals surface area contributed by atoms with E-state index >= 15 is 0 Å². The molecular weight excluding hydrogens is 277 g/mol. The summed E-state index contributed by atoms with van der Waals surface area (Å²) in [6.07, 6.45) is 2.41. The molecule has 0 bridgehead atoms. The number of nitrogens with zero attached hydrogens (tertiary/aromatic N) is 1. The lowest BCUT2D eigenvalue weighted by molar-refractivity contribution is 0.542. The Balaban J connectivity index is 2.20. The van der Waals surface area contributed by atoms with Crippen LogP contribution in [-0.4, -0.2) is 4.98 Å². The first-order valence-electron chi connectivity index (χ1n) is 5.01. The zero-order chi connectivity index (χ0) is 12.3. The molecule has 3 N–H and O–H groups in total. The Hall–Kier alpha value is -0.650. The maximum Gasteiger partial charge on any atom is 0.0931 e. The van der Waals surface area contributed by atoms with Crippen LogP contribution in [0.4, 0.5) is 0 Å². The number of aromatic nitrogens is 1. The standard InChI is InChI=1S/C11H11Cl2N3S/c12-8-2-1-5-15-11(8)9(16-14)6-7-3-4-10(13)17-7/h1-5,9,16H,6,14H2. The molecule has 6 heteroatoms. The molecule has 2 aromatic heterocycles. The molecule has 3 nitrogen and oxygen atoms in total. The molecule has 0 spiro atoms. The lowest BCUT2D eigenvalue weighted by atomic mass is 10.1. The van der Waals surface area contributed by atoms with Crippen molar-refractivity contribution in [2.75, 3.05) is 0 Å². The summed E-state index contributed by atoms with van der Waals surface area (Å²) >= 11 is 13.5. The Morgan fingerprint density at radius 1 is 1.35 bits per heavy atom. The molecule has 1 atom stereocenters. The van der Waals surface area contributed by atoms with Gasteiger partial charge in [0.2, 0.25) is 0 Å². The molecule has 0 aliphatic rings. The number of thiophene rings is 1. The fourth-order valence-electron chi connectivity index (χ4n) is 1.55. The van der Waals surface area contributed by atoms with Crippen molar-refractivity contribution in [3.8, 4) is 0 Å². The van der Waals surface area contributed by atoms with Gasteiger partial charge in [-0.1, -0.05) is 23.2 Å². The number of hydrazine groups is 1. The van der Waals surface area contributed by atoms with Gasteiger partial charge in [-0.25, -0.2) is 0 Å². The summed E-state index contributed by atoms with van der Waals surface area (Å²) in [6, 6.07) is 7.33. The summed E-state index contributed by atoms with van der Waals surface area (Å²) in [7, 11) is 0. The number of pyridine rings is 1. The Labute approximate surface area is 114 Å². The van der Waals surface area contributed by atoms with Gasteiger partial charge in [0.25, 0.3) is 0 Å². The second kappa shape index (κ2) is 5.80. The van der Waals surface area contributed by atoms with Gasteiger partial charge in [-0.3, -0.25) is 16.3 Å². The maximum atomic E-state index is 6.09. The Morgan fingerprint density at radius 2 is 2.18 bits per heavy atom. The van der Waals surface area contributed by atoms with E-state index in [9.17, 15) is 0 Å². The first-order valence-corrected chi connectivity index (χ1v) is 6.58. The highest BCUT2D eigenvalue weighted by Crippen LogP contribution is 2.28. The van der Waals surface area contributed by atoms with Gasteiger partial charge >= 0.3 is 0 Å². The molecule has 0 aliphatic heterocycles. The van der Waals surface area contributed by atoms with Crippen molar-refractivity contribution in [3.05, 3.63) is 50.4 Å². The fraction of sp³-hybridized carbons (Fsp3) is 0.182. The Kier molecular flexibility index (Phi) is 4.36. The van der Waals surface area contributed by atoms with Crippen LogP contribution in [0.25, 0.3) is 0 Å². The van der Waals surface area contributed by atoms with Crippen molar-refractivity contribution in [2.24, 2.45) is 5.84 Å². The number of rotatable bonds is 4. The average molecular weight is 288 g/mol. The van der Waals surface area contributed by atoms with E-state index in [4.69, 9.17) is 29.0 Å². The number of nitrogens with two attached hydrogens (primary N) is 1. The largest absolute Gasteiger partial charge is 0.271 e. The fourth-order valence-corrected chi connectivity index (χ4v) is 2.94. The van der Waals surface area contributed by atoms with Crippen molar-refractivity contribution in [1.82, 2.24) is 10.4 Å². The summed E-state index contributed by atoms with van der Waals surface area (Å²) in [6.45, 7) is 0. The van der Waals surface area contributed by atoms with Crippen LogP contribution in [0.15, 0.2) is 30.5 Å². The highest BCUT2D eigenvalue weighted by Gasteiger charge is 2.16. The average Bonchev–Trinajstić information content (AvgIpc) is 2.73. The van der Waals surface area contributed by atoms with Crippen LogP contribution >= 0.6 is 34.5 Å². The van der Waals surface area contributed by atoms with E-state index in [-0.39, 0.29) is 6.04 Å². The van der Waals surface area contributed by atoms with Gasteiger partial charge in [-0.15, -0.1) is 11.3 Å². The van der Waals surface area contributed by atoms with Crippen molar-refractivity contribution in [2.45, 2.75) is 12.5 Å². The van der Waals surface area contributed by atoms with Crippen LogP contribution in [0.3, 0.4) is 0 Å². The topological polar surface area (TPSA) is 50.9 Å². The van der Waals surface area contributed by atoms with Crippen LogP contribution in [0.5, 0.6) is 0 Å². The monoisotopic (exact) mass is 287 g/mol. The lowest BCUT2D eigenvalue weighted by Crippen LogP contribution is -2.30. The minimum Gasteiger partial charge on any atom is -0.271 e. The van der Waals surface area contributed by atoms with Gasteiger partial charge in [0.15, 0.2) is 0 Å². The number of hydrogen-bond acceptors (Lipinski definition) is 4. The van der Waals surface area contributed by atoms with Gasteiger partial charge < -0.3 is 0 Å². The van der Waals surface area contributed by atoms with E-state index in [2.05, 4.69) is 10.4 Å². The van der Waals surface area contributed by atoms with Crippen LogP contribution in [0, 0.1) is 0 Å². The smallest absolute Gasteiger partial charge is 0.0931 e. The molecule has 2 heterocycles. The van der Waals surface area contributed by atoms with Crippen LogP contribution in [0.2, 0.25) is 9.36 Å². The van der Waals surface area contributed by atoms with E-state index < -0.39 is 0 Å². The van der Waals surface area contributed by atoms with Gasteiger partial charge in [0, 0.05) is 17.5 Å². The summed E-state index contributed by atoms with van der Waals surface area (Å²) in [5, 5.41) is 0.609. The molecule has 0 radical (unpaired) electrons. The molecule has 0 amide bonds. The Bertz CT molecular complexity index is 501. The number of hydrogen-bond donors (Lipinski definition) is 2. The minimum absolute atomic E-state index is 0.113. The molecule has 2 rings (SSSR count). The third kappa shape index (κ3) is 3.18. The van der Waals surface area contributed by atoms with E-state index in [1.165, 1.54) is 11.3 Å². The van der Waals surface area contributed by atoms with E-state index in [0.717, 1.165) is 14.9 Å².